The minimum absolute atomic E-state index is 0.0379. The van der Waals surface area contributed by atoms with Gasteiger partial charge in [0, 0.05) is 42.9 Å². The van der Waals surface area contributed by atoms with Crippen molar-refractivity contribution in [3.63, 3.8) is 0 Å². The van der Waals surface area contributed by atoms with Crippen molar-refractivity contribution in [2.75, 3.05) is 16.8 Å². The predicted octanol–water partition coefficient (Wildman–Crippen LogP) is 4.29. The molecule has 1 saturated heterocycles. The van der Waals surface area contributed by atoms with Crippen molar-refractivity contribution in [1.29, 1.82) is 0 Å². The van der Waals surface area contributed by atoms with Gasteiger partial charge in [0.25, 0.3) is 0 Å². The summed E-state index contributed by atoms with van der Waals surface area (Å²) >= 11 is 1.80. The molecule has 178 valence electrons. The van der Waals surface area contributed by atoms with E-state index in [0.29, 0.717) is 11.8 Å². The van der Waals surface area contributed by atoms with Crippen molar-refractivity contribution < 1.29 is 9.59 Å². The van der Waals surface area contributed by atoms with Gasteiger partial charge >= 0.3 is 5.69 Å². The molecule has 34 heavy (non-hydrogen) atoms. The maximum absolute atomic E-state index is 13.3. The molecular weight excluding hydrogens is 448 g/mol. The van der Waals surface area contributed by atoms with Crippen molar-refractivity contribution in [3.05, 3.63) is 52.9 Å². The quantitative estimate of drug-likeness (QED) is 0.593. The van der Waals surface area contributed by atoms with Crippen LogP contribution in [0.1, 0.15) is 38.5 Å². The number of hydrogen-bond donors (Lipinski definition) is 1. The number of hydrogen-bond acceptors (Lipinski definition) is 4. The average molecular weight is 479 g/mol. The summed E-state index contributed by atoms with van der Waals surface area (Å²) in [5.41, 5.74) is 3.09. The highest BCUT2D eigenvalue weighted by atomic mass is 32.2. The average Bonchev–Trinajstić information content (AvgIpc) is 3.34. The molecule has 1 saturated carbocycles. The van der Waals surface area contributed by atoms with Crippen LogP contribution < -0.4 is 15.9 Å². The van der Waals surface area contributed by atoms with E-state index in [1.165, 1.54) is 19.3 Å². The predicted molar refractivity (Wildman–Crippen MR) is 136 cm³/mol. The fourth-order valence-corrected chi connectivity index (χ4v) is 6.40. The molecule has 0 bridgehead atoms. The topological polar surface area (TPSA) is 76.3 Å². The zero-order valence-electron chi connectivity index (χ0n) is 19.6. The molecule has 2 fully saturated rings. The number of rotatable bonds is 5. The SMILES string of the molecule is Cn1c(=O)n(C)c2cc(SC3CCCCC3)c(NC(=O)[C@@H]3CC(=O)N(c4ccccc4)C3)cc21. The highest BCUT2D eigenvalue weighted by Crippen LogP contribution is 2.39. The Kier molecular flexibility index (Phi) is 6.25. The second-order valence-corrected chi connectivity index (χ2v) is 10.7. The Labute approximate surface area is 203 Å². The third-order valence-electron chi connectivity index (χ3n) is 7.04. The number of benzene rings is 2. The molecule has 2 aliphatic rings. The number of amides is 2. The summed E-state index contributed by atoms with van der Waals surface area (Å²) < 4.78 is 3.26. The van der Waals surface area contributed by atoms with Crippen molar-refractivity contribution in [2.45, 2.75) is 48.7 Å². The number of para-hydroxylation sites is 1. The van der Waals surface area contributed by atoms with E-state index in [1.54, 1.807) is 39.9 Å². The van der Waals surface area contributed by atoms with Gasteiger partial charge in [-0.3, -0.25) is 18.7 Å². The Balaban J connectivity index is 1.43. The highest BCUT2D eigenvalue weighted by Gasteiger charge is 2.35. The molecule has 1 N–H and O–H groups in total. The number of thioether (sulfide) groups is 1. The zero-order valence-corrected chi connectivity index (χ0v) is 20.4. The molecule has 2 amide bonds. The molecule has 3 aromatic rings. The molecule has 0 unspecified atom stereocenters. The summed E-state index contributed by atoms with van der Waals surface area (Å²) in [5, 5.41) is 3.62. The lowest BCUT2D eigenvalue weighted by Crippen LogP contribution is -2.28. The van der Waals surface area contributed by atoms with Crippen LogP contribution >= 0.6 is 11.8 Å². The Hall–Kier alpha value is -3.00. The van der Waals surface area contributed by atoms with E-state index in [0.717, 1.165) is 40.1 Å². The van der Waals surface area contributed by atoms with E-state index in [2.05, 4.69) is 5.32 Å². The van der Waals surface area contributed by atoms with Gasteiger partial charge in [0.05, 0.1) is 22.6 Å². The number of anilines is 2. The van der Waals surface area contributed by atoms with Gasteiger partial charge in [0.1, 0.15) is 0 Å². The monoisotopic (exact) mass is 478 g/mol. The van der Waals surface area contributed by atoms with E-state index in [9.17, 15) is 14.4 Å². The maximum Gasteiger partial charge on any atom is 0.328 e. The van der Waals surface area contributed by atoms with Gasteiger partial charge in [-0.25, -0.2) is 4.79 Å². The largest absolute Gasteiger partial charge is 0.328 e. The third kappa shape index (κ3) is 4.27. The molecule has 2 aromatic carbocycles. The van der Waals surface area contributed by atoms with Crippen molar-refractivity contribution >= 4 is 46.0 Å². The standard InChI is InChI=1S/C26H30N4O3S/c1-28-21-14-20(23(15-22(21)29(2)26(28)33)34-19-11-7-4-8-12-19)27-25(32)17-13-24(31)30(16-17)18-9-5-3-6-10-18/h3,5-6,9-10,14-15,17,19H,4,7-8,11-13,16H2,1-2H3,(H,27,32)/t17-/m1/s1. The van der Waals surface area contributed by atoms with Crippen LogP contribution in [0.15, 0.2) is 52.2 Å². The van der Waals surface area contributed by atoms with Crippen LogP contribution in [0, 0.1) is 5.92 Å². The summed E-state index contributed by atoms with van der Waals surface area (Å²) in [5.74, 6) is -0.614. The lowest BCUT2D eigenvalue weighted by Gasteiger charge is -2.23. The van der Waals surface area contributed by atoms with Crippen molar-refractivity contribution in [2.24, 2.45) is 20.0 Å². The van der Waals surface area contributed by atoms with Crippen LogP contribution in [0.5, 0.6) is 0 Å². The number of imidazole rings is 1. The number of fused-ring (bicyclic) bond motifs is 1. The molecule has 1 aromatic heterocycles. The van der Waals surface area contributed by atoms with Crippen LogP contribution in [0.3, 0.4) is 0 Å². The number of carbonyl (C=O) groups is 2. The number of carbonyl (C=O) groups excluding carboxylic acids is 2. The Morgan fingerprint density at radius 1 is 0.971 bits per heavy atom. The first-order chi connectivity index (χ1) is 16.4. The third-order valence-corrected chi connectivity index (χ3v) is 8.44. The normalized spacial score (nSPS) is 19.2. The minimum Gasteiger partial charge on any atom is -0.325 e. The second-order valence-electron chi connectivity index (χ2n) is 9.35. The van der Waals surface area contributed by atoms with Crippen molar-refractivity contribution in [3.8, 4) is 0 Å². The van der Waals surface area contributed by atoms with Crippen molar-refractivity contribution in [1.82, 2.24) is 9.13 Å². The van der Waals surface area contributed by atoms with Crippen LogP contribution in [0.25, 0.3) is 11.0 Å². The lowest BCUT2D eigenvalue weighted by molar-refractivity contribution is -0.122. The summed E-state index contributed by atoms with van der Waals surface area (Å²) in [6.07, 6.45) is 6.24. The smallest absolute Gasteiger partial charge is 0.325 e. The zero-order chi connectivity index (χ0) is 23.8. The molecule has 1 aliphatic heterocycles. The van der Waals surface area contributed by atoms with Crippen LogP contribution in [0.2, 0.25) is 0 Å². The first kappa shape index (κ1) is 22.8. The molecule has 0 radical (unpaired) electrons. The van der Waals surface area contributed by atoms with E-state index in [4.69, 9.17) is 0 Å². The summed E-state index contributed by atoms with van der Waals surface area (Å²) in [7, 11) is 3.53. The molecule has 8 heteroatoms. The minimum atomic E-state index is -0.421. The summed E-state index contributed by atoms with van der Waals surface area (Å²) in [6, 6.07) is 13.4. The molecule has 0 spiro atoms. The van der Waals surface area contributed by atoms with Gasteiger partial charge in [-0.15, -0.1) is 11.8 Å². The van der Waals surface area contributed by atoms with Gasteiger partial charge in [0.2, 0.25) is 11.8 Å². The summed E-state index contributed by atoms with van der Waals surface area (Å²) in [6.45, 7) is 0.367. The molecular formula is C26H30N4O3S. The van der Waals surface area contributed by atoms with Gasteiger partial charge in [0.15, 0.2) is 0 Å². The second kappa shape index (κ2) is 9.33. The number of nitrogens with zero attached hydrogens (tertiary/aromatic N) is 3. The van der Waals surface area contributed by atoms with Crippen LogP contribution in [0.4, 0.5) is 11.4 Å². The van der Waals surface area contributed by atoms with E-state index < -0.39 is 5.92 Å². The number of aromatic nitrogens is 2. The summed E-state index contributed by atoms with van der Waals surface area (Å²) in [4.78, 5) is 41.1. The Bertz CT molecular complexity index is 1290. The molecule has 5 rings (SSSR count). The molecule has 1 aliphatic carbocycles. The number of nitrogens with one attached hydrogen (secondary N) is 1. The van der Waals surface area contributed by atoms with E-state index in [1.807, 2.05) is 42.5 Å². The maximum atomic E-state index is 13.3. The van der Waals surface area contributed by atoms with Crippen LogP contribution in [-0.2, 0) is 23.7 Å². The van der Waals surface area contributed by atoms with E-state index >= 15 is 0 Å². The Morgan fingerprint density at radius 2 is 1.65 bits per heavy atom. The fraction of sp³-hybridized carbons (Fsp3) is 0.423. The highest BCUT2D eigenvalue weighted by molar-refractivity contribution is 8.00. The van der Waals surface area contributed by atoms with E-state index in [-0.39, 0.29) is 23.9 Å². The molecule has 7 nitrogen and oxygen atoms in total. The molecule has 1 atom stereocenters. The molecule has 2 heterocycles. The lowest BCUT2D eigenvalue weighted by atomic mass is 10.0. The van der Waals surface area contributed by atoms with Crippen LogP contribution in [-0.4, -0.2) is 32.7 Å². The van der Waals surface area contributed by atoms with Gasteiger partial charge in [-0.1, -0.05) is 37.5 Å². The Morgan fingerprint density at radius 3 is 2.35 bits per heavy atom. The van der Waals surface area contributed by atoms with Gasteiger partial charge in [-0.2, -0.15) is 0 Å². The fourth-order valence-electron chi connectivity index (χ4n) is 5.06. The first-order valence-corrected chi connectivity index (χ1v) is 12.8. The first-order valence-electron chi connectivity index (χ1n) is 11.9. The van der Waals surface area contributed by atoms with Gasteiger partial charge in [-0.05, 0) is 37.1 Å². The van der Waals surface area contributed by atoms with Gasteiger partial charge < -0.3 is 10.2 Å². The number of aryl methyl sites for hydroxylation is 2.